The summed E-state index contributed by atoms with van der Waals surface area (Å²) in [5.41, 5.74) is 5.41. The molecule has 0 spiro atoms. The summed E-state index contributed by atoms with van der Waals surface area (Å²) in [6.45, 7) is 2.05. The maximum absolute atomic E-state index is 4.47. The van der Waals surface area contributed by atoms with Crippen molar-refractivity contribution < 1.29 is 0 Å². The normalized spacial score (nSPS) is 13.9. The van der Waals surface area contributed by atoms with E-state index in [1.54, 1.807) is 0 Å². The maximum Gasteiger partial charge on any atom is 0.0796 e. The minimum atomic E-state index is 0.957. The van der Waals surface area contributed by atoms with E-state index < -0.39 is 0 Å². The van der Waals surface area contributed by atoms with Gasteiger partial charge in [0.15, 0.2) is 0 Å². The topological polar surface area (TPSA) is 44.8 Å². The molecule has 0 unspecified atom stereocenters. The fraction of sp³-hybridized carbons (Fsp3) is 0.500. The molecule has 4 nitrogen and oxygen atoms in total. The first-order chi connectivity index (χ1) is 9.83. The summed E-state index contributed by atoms with van der Waals surface area (Å²) in [6.07, 6.45) is 9.69. The second-order valence-corrected chi connectivity index (χ2v) is 5.68. The van der Waals surface area contributed by atoms with Crippen molar-refractivity contribution in [3.63, 3.8) is 0 Å². The van der Waals surface area contributed by atoms with E-state index in [1.807, 2.05) is 18.5 Å². The largest absolute Gasteiger partial charge is 0.300 e. The molecule has 0 saturated carbocycles. The molecular weight excluding hydrogens is 248 g/mol. The summed E-state index contributed by atoms with van der Waals surface area (Å²) in [7, 11) is 2.18. The van der Waals surface area contributed by atoms with Crippen LogP contribution in [-0.4, -0.2) is 33.7 Å². The highest BCUT2D eigenvalue weighted by Crippen LogP contribution is 2.23. The molecule has 0 saturated heterocycles. The van der Waals surface area contributed by atoms with Gasteiger partial charge in [0.25, 0.3) is 0 Å². The number of aromatic nitrogens is 3. The van der Waals surface area contributed by atoms with Gasteiger partial charge in [0.1, 0.15) is 0 Å². The van der Waals surface area contributed by atoms with E-state index in [0.29, 0.717) is 0 Å². The Morgan fingerprint density at radius 2 is 2.30 bits per heavy atom. The van der Waals surface area contributed by atoms with Crippen LogP contribution in [-0.2, 0) is 25.8 Å². The lowest BCUT2D eigenvalue weighted by molar-refractivity contribution is 0.317. The number of H-pyrrole nitrogens is 1. The summed E-state index contributed by atoms with van der Waals surface area (Å²) in [4.78, 5) is 6.52. The Bertz CT molecular complexity index is 547. The molecule has 3 rings (SSSR count). The number of nitrogens with one attached hydrogen (secondary N) is 1. The van der Waals surface area contributed by atoms with Crippen LogP contribution in [0.1, 0.15) is 35.4 Å². The number of aromatic amines is 1. The van der Waals surface area contributed by atoms with E-state index in [1.165, 1.54) is 41.8 Å². The SMILES string of the molecule is CN(CCCc1cccnc1)Cc1n[nH]c2c1CCC2. The van der Waals surface area contributed by atoms with Gasteiger partial charge in [-0.2, -0.15) is 5.10 Å². The summed E-state index contributed by atoms with van der Waals surface area (Å²) in [5.74, 6) is 0. The van der Waals surface area contributed by atoms with Crippen molar-refractivity contribution in [2.24, 2.45) is 0 Å². The molecule has 1 N–H and O–H groups in total. The molecule has 0 fully saturated rings. The zero-order chi connectivity index (χ0) is 13.8. The van der Waals surface area contributed by atoms with Gasteiger partial charge in [-0.05, 0) is 62.9 Å². The van der Waals surface area contributed by atoms with Crippen molar-refractivity contribution in [3.05, 3.63) is 47.0 Å². The smallest absolute Gasteiger partial charge is 0.0796 e. The van der Waals surface area contributed by atoms with Gasteiger partial charge in [-0.25, -0.2) is 0 Å². The van der Waals surface area contributed by atoms with Gasteiger partial charge in [-0.3, -0.25) is 10.1 Å². The Morgan fingerprint density at radius 3 is 3.15 bits per heavy atom. The van der Waals surface area contributed by atoms with Gasteiger partial charge in [0, 0.05) is 24.6 Å². The van der Waals surface area contributed by atoms with Crippen LogP contribution in [0.2, 0.25) is 0 Å². The lowest BCUT2D eigenvalue weighted by Gasteiger charge is -2.15. The van der Waals surface area contributed by atoms with Crippen molar-refractivity contribution in [2.45, 2.75) is 38.6 Å². The summed E-state index contributed by atoms with van der Waals surface area (Å²) < 4.78 is 0. The zero-order valence-electron chi connectivity index (χ0n) is 12.1. The molecule has 20 heavy (non-hydrogen) atoms. The molecule has 4 heteroatoms. The Labute approximate surface area is 120 Å². The third-order valence-corrected chi connectivity index (χ3v) is 4.04. The fourth-order valence-corrected chi connectivity index (χ4v) is 2.95. The predicted molar refractivity (Wildman–Crippen MR) is 79.5 cm³/mol. The maximum atomic E-state index is 4.47. The number of aryl methyl sites for hydroxylation is 2. The minimum absolute atomic E-state index is 0.957. The van der Waals surface area contributed by atoms with Gasteiger partial charge < -0.3 is 4.90 Å². The average molecular weight is 270 g/mol. The van der Waals surface area contributed by atoms with Crippen molar-refractivity contribution in [2.75, 3.05) is 13.6 Å². The molecule has 2 heterocycles. The molecule has 106 valence electrons. The van der Waals surface area contributed by atoms with Crippen molar-refractivity contribution in [1.82, 2.24) is 20.1 Å². The van der Waals surface area contributed by atoms with Gasteiger partial charge in [0.2, 0.25) is 0 Å². The first kappa shape index (κ1) is 13.3. The molecule has 0 radical (unpaired) electrons. The van der Waals surface area contributed by atoms with E-state index in [9.17, 15) is 0 Å². The highest BCUT2D eigenvalue weighted by atomic mass is 15.2. The van der Waals surface area contributed by atoms with Gasteiger partial charge in [-0.1, -0.05) is 6.07 Å². The van der Waals surface area contributed by atoms with E-state index in [-0.39, 0.29) is 0 Å². The van der Waals surface area contributed by atoms with E-state index >= 15 is 0 Å². The standard InChI is InChI=1S/C16H22N4/c1-20(10-4-6-13-5-3-9-17-11-13)12-16-14-7-2-8-15(14)18-19-16/h3,5,9,11H,2,4,6-8,10,12H2,1H3,(H,18,19). The summed E-state index contributed by atoms with van der Waals surface area (Å²) >= 11 is 0. The van der Waals surface area contributed by atoms with Crippen LogP contribution in [0, 0.1) is 0 Å². The van der Waals surface area contributed by atoms with Gasteiger partial charge >= 0.3 is 0 Å². The lowest BCUT2D eigenvalue weighted by Crippen LogP contribution is -2.20. The van der Waals surface area contributed by atoms with Gasteiger partial charge in [-0.15, -0.1) is 0 Å². The quantitative estimate of drug-likeness (QED) is 0.876. The third-order valence-electron chi connectivity index (χ3n) is 4.04. The molecule has 0 aliphatic heterocycles. The van der Waals surface area contributed by atoms with Crippen LogP contribution in [0.5, 0.6) is 0 Å². The number of nitrogens with zero attached hydrogens (tertiary/aromatic N) is 3. The predicted octanol–water partition coefficient (Wildman–Crippen LogP) is 2.36. The number of rotatable bonds is 6. The van der Waals surface area contributed by atoms with E-state index in [2.05, 4.69) is 33.2 Å². The number of pyridine rings is 1. The van der Waals surface area contributed by atoms with Crippen LogP contribution >= 0.6 is 0 Å². The monoisotopic (exact) mass is 270 g/mol. The summed E-state index contributed by atoms with van der Waals surface area (Å²) in [5, 5.41) is 7.66. The Balaban J connectivity index is 1.46. The minimum Gasteiger partial charge on any atom is -0.300 e. The number of hydrogen-bond acceptors (Lipinski definition) is 3. The number of hydrogen-bond donors (Lipinski definition) is 1. The Kier molecular flexibility index (Phi) is 4.11. The molecule has 0 atom stereocenters. The third kappa shape index (κ3) is 3.07. The molecule has 1 aliphatic rings. The van der Waals surface area contributed by atoms with Crippen molar-refractivity contribution >= 4 is 0 Å². The molecule has 2 aromatic rings. The second-order valence-electron chi connectivity index (χ2n) is 5.68. The van der Waals surface area contributed by atoms with Crippen LogP contribution in [0.15, 0.2) is 24.5 Å². The molecule has 0 bridgehead atoms. The molecule has 1 aliphatic carbocycles. The van der Waals surface area contributed by atoms with Crippen LogP contribution in [0.25, 0.3) is 0 Å². The Morgan fingerprint density at radius 1 is 1.35 bits per heavy atom. The van der Waals surface area contributed by atoms with Crippen molar-refractivity contribution in [1.29, 1.82) is 0 Å². The molecular formula is C16H22N4. The highest BCUT2D eigenvalue weighted by Gasteiger charge is 2.18. The Hall–Kier alpha value is -1.68. The molecule has 0 aromatic carbocycles. The van der Waals surface area contributed by atoms with E-state index in [0.717, 1.165) is 25.9 Å². The fourth-order valence-electron chi connectivity index (χ4n) is 2.95. The molecule has 2 aromatic heterocycles. The van der Waals surface area contributed by atoms with Crippen LogP contribution in [0.4, 0.5) is 0 Å². The zero-order valence-corrected chi connectivity index (χ0v) is 12.1. The van der Waals surface area contributed by atoms with Crippen LogP contribution in [0.3, 0.4) is 0 Å². The lowest BCUT2D eigenvalue weighted by atomic mass is 10.1. The van der Waals surface area contributed by atoms with E-state index in [4.69, 9.17) is 0 Å². The van der Waals surface area contributed by atoms with Crippen molar-refractivity contribution in [3.8, 4) is 0 Å². The highest BCUT2D eigenvalue weighted by molar-refractivity contribution is 5.29. The summed E-state index contributed by atoms with van der Waals surface area (Å²) in [6, 6.07) is 4.15. The number of fused-ring (bicyclic) bond motifs is 1. The van der Waals surface area contributed by atoms with Gasteiger partial charge in [0.05, 0.1) is 5.69 Å². The first-order valence-electron chi connectivity index (χ1n) is 7.45. The second kappa shape index (κ2) is 6.18. The molecule has 0 amide bonds. The first-order valence-corrected chi connectivity index (χ1v) is 7.45. The van der Waals surface area contributed by atoms with Crippen LogP contribution < -0.4 is 0 Å². The average Bonchev–Trinajstić information content (AvgIpc) is 3.05.